The van der Waals surface area contributed by atoms with Crippen LogP contribution in [0.3, 0.4) is 0 Å². The van der Waals surface area contributed by atoms with Gasteiger partial charge in [0, 0.05) is 0 Å². The topological polar surface area (TPSA) is 91.5 Å². The molecule has 1 rings (SSSR count). The van der Waals surface area contributed by atoms with Crippen LogP contribution in [0.1, 0.15) is 41.5 Å². The van der Waals surface area contributed by atoms with Gasteiger partial charge < -0.3 is 15.2 Å². The second kappa shape index (κ2) is 5.45. The van der Waals surface area contributed by atoms with Crippen LogP contribution in [0, 0.1) is 0 Å². The van der Waals surface area contributed by atoms with Crippen molar-refractivity contribution in [1.29, 1.82) is 0 Å². The maximum atomic E-state index is 11.7. The number of rotatable bonds is 3. The van der Waals surface area contributed by atoms with Gasteiger partial charge in [-0.15, -0.1) is 11.3 Å². The van der Waals surface area contributed by atoms with Gasteiger partial charge in [-0.2, -0.15) is 0 Å². The summed E-state index contributed by atoms with van der Waals surface area (Å²) < 4.78 is 9.68. The summed E-state index contributed by atoms with van der Waals surface area (Å²) in [5.41, 5.74) is 5.11. The first kappa shape index (κ1) is 14.6. The minimum absolute atomic E-state index is 0.298. The fourth-order valence-corrected chi connectivity index (χ4v) is 1.92. The van der Waals surface area contributed by atoms with E-state index in [0.717, 1.165) is 11.3 Å². The first-order valence-electron chi connectivity index (χ1n) is 5.27. The van der Waals surface area contributed by atoms with Crippen LogP contribution in [0.4, 0.5) is 0 Å². The van der Waals surface area contributed by atoms with Crippen LogP contribution >= 0.6 is 11.3 Å². The lowest BCUT2D eigenvalue weighted by Gasteiger charge is -2.21. The van der Waals surface area contributed by atoms with E-state index in [1.807, 2.05) is 0 Å². The molecule has 0 fully saturated rings. The molecule has 0 spiro atoms. The van der Waals surface area contributed by atoms with Crippen LogP contribution in [-0.2, 0) is 14.3 Å². The molecule has 1 unspecified atom stereocenters. The van der Waals surface area contributed by atoms with Crippen LogP contribution in [0.25, 0.3) is 0 Å². The van der Waals surface area contributed by atoms with Gasteiger partial charge in [0.2, 0.25) is 0 Å². The molecular weight excluding hydrogens is 256 g/mol. The molecule has 1 aromatic rings. The molecular formula is C11H16N2O4S. The number of aromatic nitrogens is 1. The average molecular weight is 272 g/mol. The largest absolute Gasteiger partial charge is 0.465 e. The van der Waals surface area contributed by atoms with Crippen LogP contribution in [-0.4, -0.2) is 29.6 Å². The molecule has 6 nitrogen and oxygen atoms in total. The Bertz CT molecular complexity index is 450. The lowest BCUT2D eigenvalue weighted by molar-refractivity contribution is -0.156. The zero-order valence-corrected chi connectivity index (χ0v) is 11.5. The molecule has 0 amide bonds. The van der Waals surface area contributed by atoms with E-state index in [1.165, 1.54) is 13.3 Å². The monoisotopic (exact) mass is 272 g/mol. The third-order valence-electron chi connectivity index (χ3n) is 1.84. The Morgan fingerprint density at radius 3 is 2.56 bits per heavy atom. The molecule has 1 aromatic heterocycles. The second-order valence-electron chi connectivity index (χ2n) is 4.57. The number of hydrogen-bond acceptors (Lipinski definition) is 7. The van der Waals surface area contributed by atoms with Gasteiger partial charge in [0.1, 0.15) is 15.5 Å². The van der Waals surface area contributed by atoms with Gasteiger partial charge in [-0.1, -0.05) is 0 Å². The third kappa shape index (κ3) is 3.78. The molecule has 0 bridgehead atoms. The van der Waals surface area contributed by atoms with Crippen molar-refractivity contribution in [2.45, 2.75) is 32.4 Å². The molecule has 0 aliphatic carbocycles. The molecule has 0 aliphatic heterocycles. The summed E-state index contributed by atoms with van der Waals surface area (Å²) in [4.78, 5) is 27.2. The zero-order valence-electron chi connectivity index (χ0n) is 10.7. The van der Waals surface area contributed by atoms with Gasteiger partial charge >= 0.3 is 11.9 Å². The Morgan fingerprint density at radius 1 is 1.44 bits per heavy atom. The van der Waals surface area contributed by atoms with Crippen molar-refractivity contribution in [3.05, 3.63) is 16.1 Å². The van der Waals surface area contributed by atoms with Gasteiger partial charge in [0.25, 0.3) is 0 Å². The molecule has 1 heterocycles. The molecule has 0 saturated carbocycles. The Kier molecular flexibility index (Phi) is 4.42. The fourth-order valence-electron chi connectivity index (χ4n) is 1.09. The van der Waals surface area contributed by atoms with Gasteiger partial charge in [0.15, 0.2) is 6.04 Å². The highest BCUT2D eigenvalue weighted by molar-refractivity contribution is 7.13. The van der Waals surface area contributed by atoms with Crippen molar-refractivity contribution >= 4 is 23.3 Å². The lowest BCUT2D eigenvalue weighted by Crippen LogP contribution is -2.31. The van der Waals surface area contributed by atoms with Gasteiger partial charge in [-0.05, 0) is 20.8 Å². The van der Waals surface area contributed by atoms with Gasteiger partial charge in [-0.25, -0.2) is 14.6 Å². The van der Waals surface area contributed by atoms with Crippen molar-refractivity contribution < 1.29 is 19.1 Å². The number of methoxy groups -OCH3 is 1. The fraction of sp³-hybridized carbons (Fsp3) is 0.545. The van der Waals surface area contributed by atoms with Crippen LogP contribution in [0.15, 0.2) is 6.20 Å². The SMILES string of the molecule is COC(=O)c1cnc(C(N)C(=O)OC(C)(C)C)s1. The van der Waals surface area contributed by atoms with Crippen LogP contribution in [0.5, 0.6) is 0 Å². The molecule has 7 heteroatoms. The van der Waals surface area contributed by atoms with E-state index in [4.69, 9.17) is 10.5 Å². The molecule has 100 valence electrons. The minimum Gasteiger partial charge on any atom is -0.465 e. The number of hydrogen-bond donors (Lipinski definition) is 1. The maximum Gasteiger partial charge on any atom is 0.349 e. The van der Waals surface area contributed by atoms with Crippen molar-refractivity contribution in [2.75, 3.05) is 7.11 Å². The van der Waals surface area contributed by atoms with E-state index in [-0.39, 0.29) is 0 Å². The van der Waals surface area contributed by atoms with E-state index >= 15 is 0 Å². The highest BCUT2D eigenvalue weighted by Gasteiger charge is 2.26. The minimum atomic E-state index is -0.993. The quantitative estimate of drug-likeness (QED) is 0.833. The normalized spacial score (nSPS) is 12.9. The number of esters is 2. The second-order valence-corrected chi connectivity index (χ2v) is 5.63. The summed E-state index contributed by atoms with van der Waals surface area (Å²) in [5.74, 6) is -1.08. The number of ether oxygens (including phenoxy) is 2. The maximum absolute atomic E-state index is 11.7. The van der Waals surface area contributed by atoms with Crippen LogP contribution in [0.2, 0.25) is 0 Å². The molecule has 2 N–H and O–H groups in total. The number of nitrogens with two attached hydrogens (primary N) is 1. The first-order chi connectivity index (χ1) is 8.24. The number of carbonyl (C=O) groups is 2. The number of carbonyl (C=O) groups excluding carboxylic acids is 2. The Balaban J connectivity index is 2.78. The zero-order chi connectivity index (χ0) is 13.9. The summed E-state index contributed by atoms with van der Waals surface area (Å²) >= 11 is 1.02. The first-order valence-corrected chi connectivity index (χ1v) is 6.08. The Labute approximate surface area is 109 Å². The molecule has 0 aromatic carbocycles. The van der Waals surface area contributed by atoms with Gasteiger partial charge in [0.05, 0.1) is 13.3 Å². The lowest BCUT2D eigenvalue weighted by atomic mass is 10.2. The molecule has 1 atom stereocenters. The summed E-state index contributed by atoms with van der Waals surface area (Å²) in [6.45, 7) is 5.25. The van der Waals surface area contributed by atoms with Crippen molar-refractivity contribution in [3.63, 3.8) is 0 Å². The number of thiazole rings is 1. The molecule has 18 heavy (non-hydrogen) atoms. The highest BCUT2D eigenvalue weighted by atomic mass is 32.1. The van der Waals surface area contributed by atoms with Crippen molar-refractivity contribution in [1.82, 2.24) is 4.98 Å². The summed E-state index contributed by atoms with van der Waals surface area (Å²) in [6.07, 6.45) is 1.33. The van der Waals surface area contributed by atoms with E-state index in [0.29, 0.717) is 9.88 Å². The molecule has 0 saturated heterocycles. The van der Waals surface area contributed by atoms with E-state index in [2.05, 4.69) is 9.72 Å². The standard InChI is InChI=1S/C11H16N2O4S/c1-11(2,3)17-10(15)7(12)8-13-5-6(18-8)9(14)16-4/h5,7H,12H2,1-4H3. The molecule has 0 aliphatic rings. The Morgan fingerprint density at radius 2 is 2.06 bits per heavy atom. The smallest absolute Gasteiger partial charge is 0.349 e. The van der Waals surface area contributed by atoms with Crippen LogP contribution < -0.4 is 5.73 Å². The molecule has 0 radical (unpaired) electrons. The third-order valence-corrected chi connectivity index (χ3v) is 2.90. The summed E-state index contributed by atoms with van der Waals surface area (Å²) in [6, 6.07) is -0.993. The predicted octanol–water partition coefficient (Wildman–Crippen LogP) is 1.27. The number of nitrogens with zero attached hydrogens (tertiary/aromatic N) is 1. The predicted molar refractivity (Wildman–Crippen MR) is 66.2 cm³/mol. The summed E-state index contributed by atoms with van der Waals surface area (Å²) in [5, 5.41) is 0.324. The average Bonchev–Trinajstić information content (AvgIpc) is 2.73. The Hall–Kier alpha value is -1.47. The van der Waals surface area contributed by atoms with E-state index in [9.17, 15) is 9.59 Å². The van der Waals surface area contributed by atoms with E-state index in [1.54, 1.807) is 20.8 Å². The summed E-state index contributed by atoms with van der Waals surface area (Å²) in [7, 11) is 1.27. The van der Waals surface area contributed by atoms with Crippen molar-refractivity contribution in [2.24, 2.45) is 5.73 Å². The van der Waals surface area contributed by atoms with Crippen molar-refractivity contribution in [3.8, 4) is 0 Å². The highest BCUT2D eigenvalue weighted by Crippen LogP contribution is 2.22. The van der Waals surface area contributed by atoms with E-state index < -0.39 is 23.6 Å². The van der Waals surface area contributed by atoms with Gasteiger partial charge in [-0.3, -0.25) is 0 Å².